The van der Waals surface area contributed by atoms with Crippen LogP contribution in [0.5, 0.6) is 0 Å². The van der Waals surface area contributed by atoms with Crippen LogP contribution in [-0.2, 0) is 19.1 Å². The number of fused-ring (bicyclic) bond motifs is 1. The van der Waals surface area contributed by atoms with Crippen LogP contribution in [0.25, 0.3) is 0 Å². The summed E-state index contributed by atoms with van der Waals surface area (Å²) in [6.45, 7) is 10.7. The van der Waals surface area contributed by atoms with Gasteiger partial charge in [-0.15, -0.1) is 0 Å². The normalized spacial score (nSPS) is 31.1. The van der Waals surface area contributed by atoms with E-state index in [1.54, 1.807) is 4.90 Å². The molecule has 1 saturated heterocycles. The molecule has 0 aromatic rings. The molecule has 0 radical (unpaired) electrons. The van der Waals surface area contributed by atoms with Crippen LogP contribution in [0.2, 0.25) is 0 Å². The van der Waals surface area contributed by atoms with Crippen LogP contribution in [0.4, 0.5) is 0 Å². The number of hydrogen-bond acceptors (Lipinski definition) is 4. The third kappa shape index (κ3) is 3.04. The van der Waals surface area contributed by atoms with Gasteiger partial charge in [-0.1, -0.05) is 34.6 Å². The smallest absolute Gasteiger partial charge is 0.328 e. The molecule has 25 heavy (non-hydrogen) atoms. The van der Waals surface area contributed by atoms with Gasteiger partial charge in [-0.2, -0.15) is 0 Å². The minimum atomic E-state index is -0.631. The predicted molar refractivity (Wildman–Crippen MR) is 92.4 cm³/mol. The summed E-state index contributed by atoms with van der Waals surface area (Å²) in [5, 5.41) is 2.94. The van der Waals surface area contributed by atoms with Crippen LogP contribution in [0.1, 0.15) is 47.5 Å². The van der Waals surface area contributed by atoms with E-state index in [1.165, 1.54) is 7.11 Å². The molecule has 0 aromatic carbocycles. The van der Waals surface area contributed by atoms with Gasteiger partial charge >= 0.3 is 5.97 Å². The van der Waals surface area contributed by atoms with Crippen LogP contribution in [0.3, 0.4) is 0 Å². The zero-order valence-electron chi connectivity index (χ0n) is 16.1. The summed E-state index contributed by atoms with van der Waals surface area (Å²) in [5.41, 5.74) is -0.366. The van der Waals surface area contributed by atoms with Gasteiger partial charge in [0.05, 0.1) is 7.11 Å². The molecule has 1 heterocycles. The fourth-order valence-corrected chi connectivity index (χ4v) is 4.32. The number of methoxy groups -OCH3 is 1. The molecule has 4 atom stereocenters. The van der Waals surface area contributed by atoms with Crippen molar-refractivity contribution in [1.82, 2.24) is 10.2 Å². The Morgan fingerprint density at radius 1 is 1.20 bits per heavy atom. The second-order valence-electron chi connectivity index (χ2n) is 9.49. The number of nitrogens with one attached hydrogen (secondary N) is 1. The molecule has 3 aliphatic rings. The molecular formula is C19H30N2O4. The molecule has 0 unspecified atom stereocenters. The first-order valence-electron chi connectivity index (χ1n) is 9.18. The Balaban J connectivity index is 1.81. The SMILES string of the molecule is COC(=O)[C@@H]1[C@@H]2[C@H](CN1C(=O)[C@@H](NC(=O)C1CC1)C(C)(C)C)C2(C)C. The van der Waals surface area contributed by atoms with Gasteiger partial charge in [0.2, 0.25) is 11.8 Å². The minimum Gasteiger partial charge on any atom is -0.467 e. The molecule has 0 aromatic heterocycles. The highest BCUT2D eigenvalue weighted by molar-refractivity contribution is 5.93. The number of likely N-dealkylation sites (tertiary alicyclic amines) is 1. The molecule has 6 nitrogen and oxygen atoms in total. The van der Waals surface area contributed by atoms with Crippen LogP contribution in [0.15, 0.2) is 0 Å². The highest BCUT2D eigenvalue weighted by Gasteiger charge is 2.70. The highest BCUT2D eigenvalue weighted by atomic mass is 16.5. The zero-order valence-corrected chi connectivity index (χ0v) is 16.1. The number of hydrogen-bond donors (Lipinski definition) is 1. The first-order chi connectivity index (χ1) is 11.5. The fraction of sp³-hybridized carbons (Fsp3) is 0.842. The molecule has 3 rings (SSSR count). The summed E-state index contributed by atoms with van der Waals surface area (Å²) in [7, 11) is 1.36. The fourth-order valence-electron chi connectivity index (χ4n) is 4.32. The lowest BCUT2D eigenvalue weighted by Gasteiger charge is -2.37. The molecule has 3 fully saturated rings. The minimum absolute atomic E-state index is 0.0416. The van der Waals surface area contributed by atoms with E-state index in [0.29, 0.717) is 12.5 Å². The third-order valence-electron chi connectivity index (χ3n) is 6.28. The lowest BCUT2D eigenvalue weighted by atomic mass is 9.85. The lowest BCUT2D eigenvalue weighted by Crippen LogP contribution is -2.58. The Labute approximate surface area is 149 Å². The summed E-state index contributed by atoms with van der Waals surface area (Å²) in [4.78, 5) is 39.5. The predicted octanol–water partition coefficient (Wildman–Crippen LogP) is 1.58. The van der Waals surface area contributed by atoms with Gasteiger partial charge < -0.3 is 15.0 Å². The van der Waals surface area contributed by atoms with E-state index in [2.05, 4.69) is 19.2 Å². The van der Waals surface area contributed by atoms with Crippen molar-refractivity contribution in [3.63, 3.8) is 0 Å². The van der Waals surface area contributed by atoms with Crippen LogP contribution in [0, 0.1) is 28.6 Å². The van der Waals surface area contributed by atoms with Crippen molar-refractivity contribution in [2.75, 3.05) is 13.7 Å². The van der Waals surface area contributed by atoms with E-state index < -0.39 is 17.5 Å². The van der Waals surface area contributed by atoms with Crippen molar-refractivity contribution in [2.24, 2.45) is 28.6 Å². The number of amides is 2. The molecular weight excluding hydrogens is 320 g/mol. The molecule has 2 amide bonds. The molecule has 140 valence electrons. The molecule has 2 aliphatic carbocycles. The number of nitrogens with zero attached hydrogens (tertiary/aromatic N) is 1. The largest absolute Gasteiger partial charge is 0.467 e. The molecule has 0 spiro atoms. The van der Waals surface area contributed by atoms with Crippen molar-refractivity contribution >= 4 is 17.8 Å². The van der Waals surface area contributed by atoms with Crippen LogP contribution in [-0.4, -0.2) is 48.4 Å². The topological polar surface area (TPSA) is 75.7 Å². The Hall–Kier alpha value is -1.59. The average Bonchev–Trinajstić information content (AvgIpc) is 3.38. The Morgan fingerprint density at radius 3 is 2.28 bits per heavy atom. The number of ether oxygens (including phenoxy) is 1. The third-order valence-corrected chi connectivity index (χ3v) is 6.28. The van der Waals surface area contributed by atoms with Gasteiger partial charge in [0.15, 0.2) is 0 Å². The average molecular weight is 350 g/mol. The van der Waals surface area contributed by atoms with Crippen molar-refractivity contribution in [2.45, 2.75) is 59.5 Å². The monoisotopic (exact) mass is 350 g/mol. The quantitative estimate of drug-likeness (QED) is 0.781. The van der Waals surface area contributed by atoms with Gasteiger partial charge in [-0.3, -0.25) is 9.59 Å². The maximum Gasteiger partial charge on any atom is 0.328 e. The van der Waals surface area contributed by atoms with E-state index >= 15 is 0 Å². The molecule has 1 aliphatic heterocycles. The highest BCUT2D eigenvalue weighted by Crippen LogP contribution is 2.65. The summed E-state index contributed by atoms with van der Waals surface area (Å²) in [6, 6.07) is -1.17. The van der Waals surface area contributed by atoms with E-state index in [9.17, 15) is 14.4 Å². The first kappa shape index (κ1) is 18.2. The van der Waals surface area contributed by atoms with Crippen molar-refractivity contribution in [3.8, 4) is 0 Å². The van der Waals surface area contributed by atoms with E-state index in [0.717, 1.165) is 12.8 Å². The molecule has 1 N–H and O–H groups in total. The van der Waals surface area contributed by atoms with E-state index in [4.69, 9.17) is 4.74 Å². The summed E-state index contributed by atoms with van der Waals surface area (Å²) in [6.07, 6.45) is 1.79. The number of carbonyl (C=O) groups excluding carboxylic acids is 3. The second kappa shape index (κ2) is 5.71. The molecule has 2 saturated carbocycles. The second-order valence-corrected chi connectivity index (χ2v) is 9.49. The number of carbonyl (C=O) groups is 3. The zero-order chi connectivity index (χ0) is 18.7. The first-order valence-corrected chi connectivity index (χ1v) is 9.18. The maximum atomic E-state index is 13.3. The van der Waals surface area contributed by atoms with Crippen LogP contribution < -0.4 is 5.32 Å². The van der Waals surface area contributed by atoms with Crippen molar-refractivity contribution in [3.05, 3.63) is 0 Å². The van der Waals surface area contributed by atoms with E-state index in [-0.39, 0.29) is 35.0 Å². The van der Waals surface area contributed by atoms with Crippen molar-refractivity contribution < 1.29 is 19.1 Å². The molecule has 6 heteroatoms. The lowest BCUT2D eigenvalue weighted by molar-refractivity contribution is -0.155. The Morgan fingerprint density at radius 2 is 1.80 bits per heavy atom. The molecule has 0 bridgehead atoms. The standard InChI is InChI=1S/C19H30N2O4/c1-18(2,3)14(20-15(22)10-7-8-10)16(23)21-9-11-12(19(11,4)5)13(21)17(24)25-6/h10-14H,7-9H2,1-6H3,(H,20,22)/t11-,12-,13-,14+/m0/s1. The Bertz CT molecular complexity index is 603. The van der Waals surface area contributed by atoms with Crippen LogP contribution >= 0.6 is 0 Å². The summed E-state index contributed by atoms with van der Waals surface area (Å²) < 4.78 is 4.98. The van der Waals surface area contributed by atoms with Gasteiger partial charge in [-0.25, -0.2) is 4.79 Å². The summed E-state index contributed by atoms with van der Waals surface area (Å²) in [5.74, 6) is -0.0657. The number of esters is 1. The van der Waals surface area contributed by atoms with Crippen molar-refractivity contribution in [1.29, 1.82) is 0 Å². The van der Waals surface area contributed by atoms with Gasteiger partial charge in [0.25, 0.3) is 0 Å². The van der Waals surface area contributed by atoms with Gasteiger partial charge in [0, 0.05) is 18.4 Å². The maximum absolute atomic E-state index is 13.3. The number of piperidine rings is 1. The van der Waals surface area contributed by atoms with Gasteiger partial charge in [-0.05, 0) is 29.6 Å². The Kier molecular flexibility index (Phi) is 4.16. The number of rotatable bonds is 4. The van der Waals surface area contributed by atoms with E-state index in [1.807, 2.05) is 20.8 Å². The summed E-state index contributed by atoms with van der Waals surface area (Å²) >= 11 is 0. The van der Waals surface area contributed by atoms with Gasteiger partial charge in [0.1, 0.15) is 12.1 Å².